The number of rotatable bonds is 11. The first-order valence-electron chi connectivity index (χ1n) is 13.0. The highest BCUT2D eigenvalue weighted by Crippen LogP contribution is 2.25. The summed E-state index contributed by atoms with van der Waals surface area (Å²) in [6, 6.07) is 16.2. The molecule has 40 heavy (non-hydrogen) atoms. The highest BCUT2D eigenvalue weighted by atomic mass is 19.1. The van der Waals surface area contributed by atoms with Gasteiger partial charge in [0.1, 0.15) is 5.82 Å². The summed E-state index contributed by atoms with van der Waals surface area (Å²) in [4.78, 5) is 34.5. The van der Waals surface area contributed by atoms with E-state index in [1.165, 1.54) is 24.8 Å². The quantitative estimate of drug-likeness (QED) is 0.212. The van der Waals surface area contributed by atoms with Crippen molar-refractivity contribution in [2.24, 2.45) is 10.7 Å². The molecule has 2 aromatic carbocycles. The zero-order valence-electron chi connectivity index (χ0n) is 22.2. The fourth-order valence-corrected chi connectivity index (χ4v) is 4.54. The minimum absolute atomic E-state index is 0.00869. The lowest BCUT2D eigenvalue weighted by molar-refractivity contribution is -0.137. The number of aliphatic carboxylic acids is 1. The van der Waals surface area contributed by atoms with Crippen molar-refractivity contribution in [2.75, 3.05) is 25.5 Å². The van der Waals surface area contributed by atoms with Gasteiger partial charge in [0.05, 0.1) is 30.9 Å². The Kier molecular flexibility index (Phi) is 9.45. The van der Waals surface area contributed by atoms with E-state index in [1.54, 1.807) is 0 Å². The largest absolute Gasteiger partial charge is 0.494 e. The van der Waals surface area contributed by atoms with Gasteiger partial charge in [0.25, 0.3) is 5.91 Å². The normalized spacial score (nSPS) is 14.1. The van der Waals surface area contributed by atoms with Gasteiger partial charge in [-0.3, -0.25) is 14.6 Å². The summed E-state index contributed by atoms with van der Waals surface area (Å²) in [6.07, 6.45) is 3.30. The van der Waals surface area contributed by atoms with E-state index in [9.17, 15) is 19.1 Å². The number of halogens is 1. The fourth-order valence-electron chi connectivity index (χ4n) is 4.54. The predicted molar refractivity (Wildman–Crippen MR) is 151 cm³/mol. The first-order valence-corrected chi connectivity index (χ1v) is 13.0. The molecule has 0 fully saturated rings. The molecule has 1 aliphatic rings. The number of hydrogen-bond acceptors (Lipinski definition) is 7. The van der Waals surface area contributed by atoms with Crippen LogP contribution in [0.15, 0.2) is 77.4 Å². The summed E-state index contributed by atoms with van der Waals surface area (Å²) < 4.78 is 19.3. The molecular weight excluding hydrogens is 513 g/mol. The molecule has 5 N–H and O–H groups in total. The molecule has 3 aromatic rings. The van der Waals surface area contributed by atoms with Crippen molar-refractivity contribution >= 4 is 23.4 Å². The molecule has 4 rings (SSSR count). The molecule has 0 aliphatic carbocycles. The number of benzene rings is 2. The zero-order chi connectivity index (χ0) is 28.5. The van der Waals surface area contributed by atoms with Gasteiger partial charge in [-0.25, -0.2) is 9.37 Å². The number of nitrogens with one attached hydrogen (secondary N) is 2. The van der Waals surface area contributed by atoms with Crippen molar-refractivity contribution in [1.29, 1.82) is 0 Å². The number of carboxylic acids is 1. The Hall–Kier alpha value is -4.73. The first kappa shape index (κ1) is 28.3. The van der Waals surface area contributed by atoms with Gasteiger partial charge in [-0.1, -0.05) is 42.5 Å². The maximum atomic E-state index is 14.4. The van der Waals surface area contributed by atoms with Crippen LogP contribution in [0.25, 0.3) is 0 Å². The molecule has 1 aromatic heterocycles. The van der Waals surface area contributed by atoms with Crippen LogP contribution in [-0.2, 0) is 22.4 Å². The number of methoxy groups -OCH3 is 1. The van der Waals surface area contributed by atoms with Crippen LogP contribution in [0.1, 0.15) is 41.3 Å². The van der Waals surface area contributed by atoms with Crippen molar-refractivity contribution < 1.29 is 23.8 Å². The van der Waals surface area contributed by atoms with E-state index in [-0.39, 0.29) is 16.9 Å². The topological polar surface area (TPSA) is 139 Å². The number of anilines is 1. The molecule has 10 heteroatoms. The van der Waals surface area contributed by atoms with Crippen molar-refractivity contribution in [1.82, 2.24) is 10.3 Å². The van der Waals surface area contributed by atoms with Crippen molar-refractivity contribution in [3.8, 4) is 5.75 Å². The van der Waals surface area contributed by atoms with Crippen LogP contribution in [0, 0.1) is 5.82 Å². The number of carbonyl (C=O) groups excluding carboxylic acids is 1. The maximum Gasteiger partial charge on any atom is 0.305 e. The number of aromatic nitrogens is 1. The van der Waals surface area contributed by atoms with Crippen LogP contribution < -0.4 is 21.1 Å². The minimum atomic E-state index is -1.16. The molecule has 1 atom stereocenters. The summed E-state index contributed by atoms with van der Waals surface area (Å²) in [5.41, 5.74) is 9.36. The highest BCUT2D eigenvalue weighted by molar-refractivity contribution is 6.28. The number of fused-ring (bicyclic) bond motifs is 1. The average Bonchev–Trinajstić information content (AvgIpc) is 2.96. The Labute approximate surface area is 232 Å². The van der Waals surface area contributed by atoms with Gasteiger partial charge in [0.2, 0.25) is 0 Å². The molecule has 2 heterocycles. The third-order valence-electron chi connectivity index (χ3n) is 6.57. The number of carboxylic acid groups (broad SMARTS) is 1. The molecule has 0 saturated carbocycles. The smallest absolute Gasteiger partial charge is 0.305 e. The summed E-state index contributed by atoms with van der Waals surface area (Å²) >= 11 is 0. The zero-order valence-corrected chi connectivity index (χ0v) is 22.2. The number of aryl methyl sites for hydroxylation is 1. The molecule has 0 unspecified atom stereocenters. The van der Waals surface area contributed by atoms with Gasteiger partial charge in [0, 0.05) is 37.0 Å². The average molecular weight is 546 g/mol. The Bertz CT molecular complexity index is 1420. The number of aliphatic imine (C=N–C) groups is 1. The van der Waals surface area contributed by atoms with E-state index in [4.69, 9.17) is 20.4 Å². The number of carbonyl (C=O) groups is 2. The number of nitrogens with zero attached hydrogens (tertiary/aromatic N) is 2. The first-order chi connectivity index (χ1) is 19.4. The standard InChI is InChI=1S/C30H32FN5O4/c1-40-26-12-10-21(16-24(26)31)25(17-27(37)38)36-30(39)23(18-32)28(19-6-3-2-4-7-19)33-15-13-22-11-9-20-8-5-14-34-29(20)35-22/h2-4,6-7,9-12,16,18,25H,5,8,13-15,17,32H2,1H3,(H,34,35)(H,36,39)(H,37,38)/t25-/m0/s1. The second kappa shape index (κ2) is 13.4. The predicted octanol–water partition coefficient (Wildman–Crippen LogP) is 3.79. The maximum absolute atomic E-state index is 14.4. The molecule has 208 valence electrons. The van der Waals surface area contributed by atoms with Gasteiger partial charge in [0.15, 0.2) is 11.6 Å². The monoisotopic (exact) mass is 545 g/mol. The van der Waals surface area contributed by atoms with Crippen LogP contribution in [0.5, 0.6) is 5.75 Å². The Morgan fingerprint density at radius 3 is 2.73 bits per heavy atom. The summed E-state index contributed by atoms with van der Waals surface area (Å²) in [5, 5.41) is 15.5. The Morgan fingerprint density at radius 2 is 2.02 bits per heavy atom. The third kappa shape index (κ3) is 7.02. The van der Waals surface area contributed by atoms with Gasteiger partial charge < -0.3 is 26.2 Å². The van der Waals surface area contributed by atoms with E-state index >= 15 is 0 Å². The van der Waals surface area contributed by atoms with E-state index < -0.39 is 30.2 Å². The number of hydrogen-bond donors (Lipinski definition) is 4. The van der Waals surface area contributed by atoms with Crippen molar-refractivity contribution in [3.05, 3.63) is 101 Å². The number of pyridine rings is 1. The third-order valence-corrected chi connectivity index (χ3v) is 6.57. The van der Waals surface area contributed by atoms with Gasteiger partial charge >= 0.3 is 5.97 Å². The Morgan fingerprint density at radius 1 is 1.23 bits per heavy atom. The molecule has 0 spiro atoms. The van der Waals surface area contributed by atoms with E-state index in [2.05, 4.69) is 16.7 Å². The number of nitrogens with two attached hydrogens (primary N) is 1. The van der Waals surface area contributed by atoms with Gasteiger partial charge in [-0.2, -0.15) is 0 Å². The van der Waals surface area contributed by atoms with E-state index in [0.29, 0.717) is 24.2 Å². The lowest BCUT2D eigenvalue weighted by atomic mass is 9.99. The van der Waals surface area contributed by atoms with E-state index in [1.807, 2.05) is 36.4 Å². The summed E-state index contributed by atoms with van der Waals surface area (Å²) in [5.74, 6) is -1.56. The molecule has 0 bridgehead atoms. The molecule has 1 amide bonds. The lowest BCUT2D eigenvalue weighted by Crippen LogP contribution is -2.34. The van der Waals surface area contributed by atoms with Gasteiger partial charge in [-0.05, 0) is 42.2 Å². The van der Waals surface area contributed by atoms with Crippen LogP contribution in [0.3, 0.4) is 0 Å². The minimum Gasteiger partial charge on any atom is -0.494 e. The van der Waals surface area contributed by atoms with E-state index in [0.717, 1.165) is 43.2 Å². The SMILES string of the molecule is COc1ccc([C@H](CC(=O)O)NC(=O)C(=CN)C(=NCCc2ccc3c(n2)NCCC3)c2ccccc2)cc1F. The second-order valence-electron chi connectivity index (χ2n) is 9.29. The molecule has 9 nitrogen and oxygen atoms in total. The Balaban J connectivity index is 1.58. The fraction of sp³-hybridized carbons (Fsp3) is 0.267. The lowest BCUT2D eigenvalue weighted by Gasteiger charge is -2.20. The number of ether oxygens (including phenoxy) is 1. The van der Waals surface area contributed by atoms with Crippen molar-refractivity contribution in [3.63, 3.8) is 0 Å². The highest BCUT2D eigenvalue weighted by Gasteiger charge is 2.24. The summed E-state index contributed by atoms with van der Waals surface area (Å²) in [7, 11) is 1.33. The molecule has 1 aliphatic heterocycles. The van der Waals surface area contributed by atoms with Crippen LogP contribution >= 0.6 is 0 Å². The van der Waals surface area contributed by atoms with Crippen LogP contribution in [-0.4, -0.2) is 47.9 Å². The van der Waals surface area contributed by atoms with Gasteiger partial charge in [-0.15, -0.1) is 0 Å². The number of amides is 1. The molecule has 0 radical (unpaired) electrons. The van der Waals surface area contributed by atoms with Crippen LogP contribution in [0.4, 0.5) is 10.2 Å². The van der Waals surface area contributed by atoms with Crippen molar-refractivity contribution in [2.45, 2.75) is 31.7 Å². The van der Waals surface area contributed by atoms with Crippen LogP contribution in [0.2, 0.25) is 0 Å². The summed E-state index contributed by atoms with van der Waals surface area (Å²) in [6.45, 7) is 1.23. The second-order valence-corrected chi connectivity index (χ2v) is 9.29. The molecule has 0 saturated heterocycles. The molecular formula is C30H32FN5O4.